The predicted molar refractivity (Wildman–Crippen MR) is 230 cm³/mol. The van der Waals surface area contributed by atoms with E-state index in [2.05, 4.69) is 169 Å². The second-order valence-electron chi connectivity index (χ2n) is 14.5. The lowest BCUT2D eigenvalue weighted by atomic mass is 9.30. The smallest absolute Gasteiger partial charge is 0.246 e. The molecule has 9 aromatic rings. The highest BCUT2D eigenvalue weighted by atomic mass is 16.3. The normalized spacial score (nSPS) is 12.6. The highest BCUT2D eigenvalue weighted by Crippen LogP contribution is 2.39. The van der Waals surface area contributed by atoms with Gasteiger partial charge in [0.05, 0.1) is 12.5 Å². The summed E-state index contributed by atoms with van der Waals surface area (Å²) in [6.07, 6.45) is 3.44. The molecule has 2 aliphatic heterocycles. The van der Waals surface area contributed by atoms with Crippen molar-refractivity contribution in [2.45, 2.75) is 0 Å². The van der Waals surface area contributed by atoms with Crippen LogP contribution in [0.2, 0.25) is 0 Å². The molecule has 0 saturated heterocycles. The van der Waals surface area contributed by atoms with Crippen LogP contribution in [0.15, 0.2) is 209 Å². The molecule has 3 nitrogen and oxygen atoms in total. The van der Waals surface area contributed by atoms with E-state index in [1.165, 1.54) is 72.1 Å². The molecule has 0 fully saturated rings. The Morgan fingerprint density at radius 2 is 0.800 bits per heavy atom. The van der Waals surface area contributed by atoms with Gasteiger partial charge in [-0.05, 0) is 80.5 Å². The summed E-state index contributed by atoms with van der Waals surface area (Å²) in [6.45, 7) is 0.170. The molecule has 11 rings (SSSR count). The van der Waals surface area contributed by atoms with E-state index >= 15 is 0 Å². The number of benzene rings is 7. The summed E-state index contributed by atoms with van der Waals surface area (Å²) in [5, 5.41) is 0. The minimum absolute atomic E-state index is 0.0769. The third kappa shape index (κ3) is 5.23. The van der Waals surface area contributed by atoms with Crippen molar-refractivity contribution in [3.05, 3.63) is 201 Å². The van der Waals surface area contributed by atoms with E-state index in [1.807, 2.05) is 24.3 Å². The first kappa shape index (κ1) is 31.5. The van der Waals surface area contributed by atoms with E-state index in [0.717, 1.165) is 22.6 Å². The molecule has 256 valence electrons. The van der Waals surface area contributed by atoms with Gasteiger partial charge in [0.15, 0.2) is 0 Å². The molecule has 2 aliphatic rings. The monoisotopic (exact) mass is 701 g/mol. The number of para-hydroxylation sites is 2. The Morgan fingerprint density at radius 1 is 0.327 bits per heavy atom. The summed E-state index contributed by atoms with van der Waals surface area (Å²) in [7, 11) is 0. The summed E-state index contributed by atoms with van der Waals surface area (Å²) in [5.74, 6) is 1.76. The van der Waals surface area contributed by atoms with Gasteiger partial charge >= 0.3 is 0 Å². The van der Waals surface area contributed by atoms with Gasteiger partial charge in [-0.25, -0.2) is 0 Å². The zero-order chi connectivity index (χ0) is 36.3. The molecule has 0 radical (unpaired) electrons. The Labute approximate surface area is 321 Å². The van der Waals surface area contributed by atoms with Crippen LogP contribution >= 0.6 is 0 Å². The van der Waals surface area contributed by atoms with Gasteiger partial charge in [0.25, 0.3) is 0 Å². The van der Waals surface area contributed by atoms with Crippen molar-refractivity contribution in [3.8, 4) is 44.9 Å². The Hall–Kier alpha value is -6.97. The van der Waals surface area contributed by atoms with Gasteiger partial charge in [0.1, 0.15) is 11.5 Å². The lowest BCUT2D eigenvalue weighted by Gasteiger charge is -2.44. The van der Waals surface area contributed by atoms with Crippen LogP contribution in [0.4, 0.5) is 17.1 Å². The molecule has 5 heteroatoms. The van der Waals surface area contributed by atoms with Crippen molar-refractivity contribution >= 4 is 63.3 Å². The topological polar surface area (TPSA) is 29.5 Å². The SMILES string of the molecule is c1ccc(B2c3ccc(-c4ccc(-c5ccco5)cc4)cc3N3c4ccccc4B(c4ccc(-c5ccc(-c6ccco6)cc5)cc4)c4cccc2c43)cc1. The highest BCUT2D eigenvalue weighted by Gasteiger charge is 2.43. The minimum atomic E-state index is 0.0769. The molecule has 7 aromatic carbocycles. The van der Waals surface area contributed by atoms with E-state index in [9.17, 15) is 0 Å². The fourth-order valence-electron chi connectivity index (χ4n) is 8.88. The van der Waals surface area contributed by atoms with E-state index in [-0.39, 0.29) is 13.4 Å². The number of anilines is 3. The molecular weight excluding hydrogens is 668 g/mol. The molecule has 0 N–H and O–H groups in total. The summed E-state index contributed by atoms with van der Waals surface area (Å²) in [4.78, 5) is 2.54. The van der Waals surface area contributed by atoms with Crippen LogP contribution in [0.25, 0.3) is 44.9 Å². The Balaban J connectivity index is 1.04. The molecule has 0 amide bonds. The summed E-state index contributed by atoms with van der Waals surface area (Å²) in [5.41, 5.74) is 18.5. The zero-order valence-electron chi connectivity index (χ0n) is 30.0. The van der Waals surface area contributed by atoms with E-state index < -0.39 is 0 Å². The van der Waals surface area contributed by atoms with Crippen molar-refractivity contribution < 1.29 is 8.83 Å². The Kier molecular flexibility index (Phi) is 7.38. The molecule has 55 heavy (non-hydrogen) atoms. The van der Waals surface area contributed by atoms with Crippen LogP contribution in [-0.4, -0.2) is 13.4 Å². The first-order valence-electron chi connectivity index (χ1n) is 18.9. The predicted octanol–water partition coefficient (Wildman–Crippen LogP) is 8.67. The Bertz CT molecular complexity index is 2790. The molecule has 2 aromatic heterocycles. The zero-order valence-corrected chi connectivity index (χ0v) is 30.0. The third-order valence-electron chi connectivity index (χ3n) is 11.4. The summed E-state index contributed by atoms with van der Waals surface area (Å²) in [6, 6.07) is 68.3. The summed E-state index contributed by atoms with van der Waals surface area (Å²) >= 11 is 0. The fourth-order valence-corrected chi connectivity index (χ4v) is 8.88. The standard InChI is InChI=1S/C50H33B2NO2/c1-2-9-40(10-3-1)51-43-30-27-39(36-19-23-38(24-20-36)49-16-8-32-55-49)33-47(43)53-46-14-5-4-11-42(46)52(45-13-6-12-44(51)50(45)53)41-28-25-35(26-29-41)34-17-21-37(22-18-34)48-15-7-31-54-48/h1-33H. The van der Waals surface area contributed by atoms with Crippen molar-refractivity contribution in [2.75, 3.05) is 4.90 Å². The van der Waals surface area contributed by atoms with Crippen molar-refractivity contribution in [1.29, 1.82) is 0 Å². The largest absolute Gasteiger partial charge is 0.464 e. The van der Waals surface area contributed by atoms with Gasteiger partial charge in [-0.2, -0.15) is 0 Å². The number of rotatable bonds is 6. The Morgan fingerprint density at radius 3 is 1.40 bits per heavy atom. The van der Waals surface area contributed by atoms with Crippen LogP contribution in [0.5, 0.6) is 0 Å². The van der Waals surface area contributed by atoms with E-state index in [1.54, 1.807) is 12.5 Å². The average molecular weight is 701 g/mol. The third-order valence-corrected chi connectivity index (χ3v) is 11.4. The second kappa shape index (κ2) is 12.9. The van der Waals surface area contributed by atoms with Gasteiger partial charge in [-0.1, -0.05) is 163 Å². The average Bonchev–Trinajstić information content (AvgIpc) is 4.01. The van der Waals surface area contributed by atoms with Crippen LogP contribution in [0.1, 0.15) is 0 Å². The molecule has 0 saturated carbocycles. The number of hydrogen-bond acceptors (Lipinski definition) is 3. The number of nitrogens with zero attached hydrogens (tertiary/aromatic N) is 1. The molecular formula is C50H33B2NO2. The van der Waals surface area contributed by atoms with Crippen LogP contribution < -0.4 is 37.7 Å². The minimum Gasteiger partial charge on any atom is -0.464 e. The number of furan rings is 2. The first-order valence-corrected chi connectivity index (χ1v) is 18.9. The highest BCUT2D eigenvalue weighted by molar-refractivity contribution is 7.02. The van der Waals surface area contributed by atoms with Crippen LogP contribution in [-0.2, 0) is 0 Å². The molecule has 0 bridgehead atoms. The van der Waals surface area contributed by atoms with Crippen LogP contribution in [0.3, 0.4) is 0 Å². The lowest BCUT2D eigenvalue weighted by molar-refractivity contribution is 0.582. The van der Waals surface area contributed by atoms with Gasteiger partial charge in [-0.15, -0.1) is 0 Å². The van der Waals surface area contributed by atoms with Crippen molar-refractivity contribution in [1.82, 2.24) is 0 Å². The first-order chi connectivity index (χ1) is 27.3. The summed E-state index contributed by atoms with van der Waals surface area (Å²) < 4.78 is 11.3. The molecule has 4 heterocycles. The van der Waals surface area contributed by atoms with E-state index in [4.69, 9.17) is 8.83 Å². The number of hydrogen-bond donors (Lipinski definition) is 0. The van der Waals surface area contributed by atoms with Gasteiger partial charge in [0, 0.05) is 28.2 Å². The fraction of sp³-hybridized carbons (Fsp3) is 0. The molecule has 0 spiro atoms. The van der Waals surface area contributed by atoms with E-state index in [0.29, 0.717) is 0 Å². The maximum atomic E-state index is 5.68. The number of fused-ring (bicyclic) bond motifs is 4. The maximum absolute atomic E-state index is 5.68. The van der Waals surface area contributed by atoms with Crippen molar-refractivity contribution in [3.63, 3.8) is 0 Å². The maximum Gasteiger partial charge on any atom is 0.246 e. The molecule has 0 aliphatic carbocycles. The quantitative estimate of drug-likeness (QED) is 0.163. The van der Waals surface area contributed by atoms with Gasteiger partial charge < -0.3 is 13.7 Å². The van der Waals surface area contributed by atoms with Crippen molar-refractivity contribution in [2.24, 2.45) is 0 Å². The van der Waals surface area contributed by atoms with Gasteiger partial charge in [0.2, 0.25) is 13.4 Å². The second-order valence-corrected chi connectivity index (χ2v) is 14.5. The molecule has 0 atom stereocenters. The van der Waals surface area contributed by atoms with Gasteiger partial charge in [-0.3, -0.25) is 0 Å². The molecule has 0 unspecified atom stereocenters. The lowest BCUT2D eigenvalue weighted by Crippen LogP contribution is -2.64. The van der Waals surface area contributed by atoms with Crippen LogP contribution in [0, 0.1) is 0 Å².